The number of para-hydroxylation sites is 1. The van der Waals surface area contributed by atoms with Crippen molar-refractivity contribution in [3.05, 3.63) is 58.6 Å². The Balaban J connectivity index is 2.30. The van der Waals surface area contributed by atoms with Gasteiger partial charge in [0.05, 0.1) is 5.88 Å². The predicted molar refractivity (Wildman–Crippen MR) is 70.2 cm³/mol. The van der Waals surface area contributed by atoms with Crippen molar-refractivity contribution in [2.45, 2.75) is 5.88 Å². The van der Waals surface area contributed by atoms with Crippen molar-refractivity contribution in [3.8, 4) is 11.5 Å². The van der Waals surface area contributed by atoms with E-state index in [1.165, 1.54) is 0 Å². The van der Waals surface area contributed by atoms with E-state index in [1.54, 1.807) is 0 Å². The quantitative estimate of drug-likeness (QED) is 0.726. The van der Waals surface area contributed by atoms with Crippen molar-refractivity contribution in [1.29, 1.82) is 0 Å². The normalized spacial score (nSPS) is 10.1. The van der Waals surface area contributed by atoms with Gasteiger partial charge in [-0.1, -0.05) is 40.2 Å². The lowest BCUT2D eigenvalue weighted by molar-refractivity contribution is 0.478. The van der Waals surface area contributed by atoms with E-state index in [9.17, 15) is 0 Å². The number of ether oxygens (including phenoxy) is 1. The molecular formula is C13H10BrClO. The average molecular weight is 298 g/mol. The Morgan fingerprint density at radius 1 is 1.06 bits per heavy atom. The van der Waals surface area contributed by atoms with Gasteiger partial charge in [0.25, 0.3) is 0 Å². The Hall–Kier alpha value is -0.990. The molecule has 0 saturated carbocycles. The molecule has 0 atom stereocenters. The molecule has 1 nitrogen and oxygen atoms in total. The minimum absolute atomic E-state index is 0.440. The molecule has 0 N–H and O–H groups in total. The molecule has 0 aliphatic heterocycles. The van der Waals surface area contributed by atoms with Crippen LogP contribution < -0.4 is 4.74 Å². The smallest absolute Gasteiger partial charge is 0.132 e. The van der Waals surface area contributed by atoms with Crippen LogP contribution in [0.3, 0.4) is 0 Å². The second kappa shape index (κ2) is 5.37. The Kier molecular flexibility index (Phi) is 3.86. The summed E-state index contributed by atoms with van der Waals surface area (Å²) in [5.41, 5.74) is 0.980. The lowest BCUT2D eigenvalue weighted by atomic mass is 10.2. The number of halogens is 2. The zero-order chi connectivity index (χ0) is 11.4. The van der Waals surface area contributed by atoms with Crippen molar-refractivity contribution in [1.82, 2.24) is 0 Å². The molecule has 0 aliphatic carbocycles. The molecule has 0 bridgehead atoms. The van der Waals surface area contributed by atoms with E-state index < -0.39 is 0 Å². The van der Waals surface area contributed by atoms with Gasteiger partial charge < -0.3 is 4.74 Å². The van der Waals surface area contributed by atoms with Crippen LogP contribution >= 0.6 is 27.5 Å². The van der Waals surface area contributed by atoms with E-state index in [2.05, 4.69) is 15.9 Å². The van der Waals surface area contributed by atoms with Crippen molar-refractivity contribution in [2.75, 3.05) is 0 Å². The molecule has 0 aromatic heterocycles. The molecule has 0 radical (unpaired) electrons. The summed E-state index contributed by atoms with van der Waals surface area (Å²) in [4.78, 5) is 0. The van der Waals surface area contributed by atoms with Crippen molar-refractivity contribution >= 4 is 27.5 Å². The third-order valence-electron chi connectivity index (χ3n) is 2.14. The highest BCUT2D eigenvalue weighted by molar-refractivity contribution is 9.10. The summed E-state index contributed by atoms with van der Waals surface area (Å²) in [5, 5.41) is 0. The summed E-state index contributed by atoms with van der Waals surface area (Å²) in [7, 11) is 0. The molecule has 0 spiro atoms. The van der Waals surface area contributed by atoms with Gasteiger partial charge in [0.15, 0.2) is 0 Å². The van der Waals surface area contributed by atoms with E-state index in [1.807, 2.05) is 48.5 Å². The van der Waals surface area contributed by atoms with Gasteiger partial charge in [-0.3, -0.25) is 0 Å². The molecule has 2 aromatic rings. The van der Waals surface area contributed by atoms with Gasteiger partial charge in [0.2, 0.25) is 0 Å². The monoisotopic (exact) mass is 296 g/mol. The first-order chi connectivity index (χ1) is 7.79. The highest BCUT2D eigenvalue weighted by atomic mass is 79.9. The van der Waals surface area contributed by atoms with Gasteiger partial charge in [-0.25, -0.2) is 0 Å². The van der Waals surface area contributed by atoms with E-state index in [4.69, 9.17) is 16.3 Å². The van der Waals surface area contributed by atoms with Gasteiger partial charge in [0, 0.05) is 10.0 Å². The minimum atomic E-state index is 0.440. The first-order valence-corrected chi connectivity index (χ1v) is 6.19. The number of hydrogen-bond acceptors (Lipinski definition) is 1. The van der Waals surface area contributed by atoms with Crippen LogP contribution in [0.25, 0.3) is 0 Å². The highest BCUT2D eigenvalue weighted by Crippen LogP contribution is 2.29. The topological polar surface area (TPSA) is 9.23 Å². The summed E-state index contributed by atoms with van der Waals surface area (Å²) >= 11 is 9.27. The number of alkyl halides is 1. The molecule has 0 saturated heterocycles. The van der Waals surface area contributed by atoms with Crippen LogP contribution in [0, 0.1) is 0 Å². The maximum absolute atomic E-state index is 5.86. The molecule has 82 valence electrons. The Labute approximate surface area is 108 Å². The largest absolute Gasteiger partial charge is 0.457 e. The van der Waals surface area contributed by atoms with Crippen LogP contribution in [0.4, 0.5) is 0 Å². The van der Waals surface area contributed by atoms with Crippen LogP contribution in [-0.4, -0.2) is 0 Å². The minimum Gasteiger partial charge on any atom is -0.457 e. The molecule has 0 unspecified atom stereocenters. The van der Waals surface area contributed by atoms with Gasteiger partial charge in [-0.05, 0) is 24.3 Å². The van der Waals surface area contributed by atoms with Gasteiger partial charge in [0.1, 0.15) is 11.5 Å². The van der Waals surface area contributed by atoms with Crippen LogP contribution in [0.2, 0.25) is 0 Å². The third-order valence-corrected chi connectivity index (χ3v) is 2.93. The second-order valence-corrected chi connectivity index (χ2v) is 4.48. The van der Waals surface area contributed by atoms with Crippen LogP contribution in [0.1, 0.15) is 5.56 Å². The summed E-state index contributed by atoms with van der Waals surface area (Å²) in [6.45, 7) is 0. The van der Waals surface area contributed by atoms with Crippen molar-refractivity contribution in [3.63, 3.8) is 0 Å². The second-order valence-electron chi connectivity index (χ2n) is 3.30. The summed E-state index contributed by atoms with van der Waals surface area (Å²) in [5.74, 6) is 2.04. The van der Waals surface area contributed by atoms with Crippen molar-refractivity contribution < 1.29 is 4.74 Å². The predicted octanol–water partition coefficient (Wildman–Crippen LogP) is 4.98. The lowest BCUT2D eigenvalue weighted by Crippen LogP contribution is -1.89. The van der Waals surface area contributed by atoms with Crippen LogP contribution in [0.5, 0.6) is 11.5 Å². The Morgan fingerprint density at radius 3 is 2.50 bits per heavy atom. The average Bonchev–Trinajstić information content (AvgIpc) is 2.31. The molecule has 0 fully saturated rings. The fourth-order valence-corrected chi connectivity index (χ4v) is 1.91. The van der Waals surface area contributed by atoms with E-state index >= 15 is 0 Å². The number of hydrogen-bond donors (Lipinski definition) is 0. The number of rotatable bonds is 3. The molecule has 0 amide bonds. The zero-order valence-corrected chi connectivity index (χ0v) is 10.8. The molecule has 3 heteroatoms. The molecule has 0 heterocycles. The zero-order valence-electron chi connectivity index (χ0n) is 8.49. The summed E-state index contributed by atoms with van der Waals surface area (Å²) in [6, 6.07) is 15.5. The molecule has 2 rings (SSSR count). The van der Waals surface area contributed by atoms with Crippen molar-refractivity contribution in [2.24, 2.45) is 0 Å². The van der Waals surface area contributed by atoms with Gasteiger partial charge in [-0.15, -0.1) is 11.6 Å². The first-order valence-electron chi connectivity index (χ1n) is 4.87. The summed E-state index contributed by atoms with van der Waals surface area (Å²) < 4.78 is 6.75. The number of benzene rings is 2. The van der Waals surface area contributed by atoms with E-state index in [0.29, 0.717) is 5.88 Å². The fraction of sp³-hybridized carbons (Fsp3) is 0.0769. The van der Waals surface area contributed by atoms with E-state index in [-0.39, 0.29) is 0 Å². The molecule has 0 aliphatic rings. The third kappa shape index (κ3) is 2.77. The van der Waals surface area contributed by atoms with Gasteiger partial charge >= 0.3 is 0 Å². The van der Waals surface area contributed by atoms with Gasteiger partial charge in [-0.2, -0.15) is 0 Å². The molecule has 2 aromatic carbocycles. The first kappa shape index (κ1) is 11.5. The lowest BCUT2D eigenvalue weighted by Gasteiger charge is -2.09. The maximum atomic E-state index is 5.86. The molecular weight excluding hydrogens is 287 g/mol. The van der Waals surface area contributed by atoms with Crippen LogP contribution in [0.15, 0.2) is 53.0 Å². The van der Waals surface area contributed by atoms with Crippen LogP contribution in [-0.2, 0) is 5.88 Å². The summed E-state index contributed by atoms with van der Waals surface area (Å²) in [6.07, 6.45) is 0. The van der Waals surface area contributed by atoms with E-state index in [0.717, 1.165) is 21.5 Å². The Morgan fingerprint density at radius 2 is 1.81 bits per heavy atom. The standard InChI is InChI=1S/C13H10BrClO/c14-11-7-6-10(9-15)13(8-11)16-12-4-2-1-3-5-12/h1-8H,9H2. The molecule has 16 heavy (non-hydrogen) atoms. The fourth-order valence-electron chi connectivity index (χ4n) is 1.35. The maximum Gasteiger partial charge on any atom is 0.132 e. The Bertz CT molecular complexity index is 471. The SMILES string of the molecule is ClCc1ccc(Br)cc1Oc1ccccc1. The highest BCUT2D eigenvalue weighted by Gasteiger charge is 2.04.